The van der Waals surface area contributed by atoms with E-state index in [1.807, 2.05) is 6.92 Å². The Kier molecular flexibility index (Phi) is 14.8. The van der Waals surface area contributed by atoms with Gasteiger partial charge in [0.15, 0.2) is 18.9 Å². The number of hydrogen-bond acceptors (Lipinski definition) is 19. The lowest BCUT2D eigenvalue weighted by atomic mass is 9.35. The quantitative estimate of drug-likeness (QED) is 0.0717. The monoisotopic (exact) mass is 920 g/mol. The number of aldehydes is 1. The molecule has 4 saturated carbocycles. The number of aliphatic hydroxyl groups is 12. The van der Waals surface area contributed by atoms with Crippen molar-refractivity contribution < 1.29 is 94.5 Å². The summed E-state index contributed by atoms with van der Waals surface area (Å²) in [6, 6.07) is 0. The number of rotatable bonds is 13. The summed E-state index contributed by atoms with van der Waals surface area (Å²) >= 11 is 0. The van der Waals surface area contributed by atoms with Crippen molar-refractivity contribution in [3.8, 4) is 0 Å². The summed E-state index contributed by atoms with van der Waals surface area (Å²) in [6.07, 6.45) is -18.4. The zero-order valence-corrected chi connectivity index (χ0v) is 37.9. The first-order valence-corrected chi connectivity index (χ1v) is 23.3. The third-order valence-corrected chi connectivity index (χ3v) is 18.4. The zero-order valence-electron chi connectivity index (χ0n) is 37.9. The van der Waals surface area contributed by atoms with Crippen LogP contribution in [-0.4, -0.2) is 197 Å². The van der Waals surface area contributed by atoms with E-state index in [4.69, 9.17) is 28.4 Å². The molecule has 0 amide bonds. The first-order valence-electron chi connectivity index (χ1n) is 23.3. The second-order valence-electron chi connectivity index (χ2n) is 21.8. The van der Waals surface area contributed by atoms with Crippen LogP contribution in [-0.2, 0) is 33.2 Å². The predicted molar refractivity (Wildman–Crippen MR) is 220 cm³/mol. The van der Waals surface area contributed by atoms with E-state index in [0.717, 1.165) is 25.5 Å². The summed E-state index contributed by atoms with van der Waals surface area (Å²) in [5.74, 6) is -0.431. The average molecular weight is 921 g/mol. The van der Waals surface area contributed by atoms with Crippen LogP contribution in [0.4, 0.5) is 0 Å². The number of ether oxygens (including phenoxy) is 6. The van der Waals surface area contributed by atoms with Crippen molar-refractivity contribution in [3.63, 3.8) is 0 Å². The number of carbonyl (C=O) groups is 1. The minimum absolute atomic E-state index is 0.0607. The molecule has 3 saturated heterocycles. The van der Waals surface area contributed by atoms with Crippen molar-refractivity contribution in [3.05, 3.63) is 0 Å². The molecule has 25 atom stereocenters. The van der Waals surface area contributed by atoms with Crippen LogP contribution in [0.1, 0.15) is 99.3 Å². The van der Waals surface area contributed by atoms with Crippen LogP contribution in [0, 0.1) is 45.3 Å². The van der Waals surface area contributed by atoms with E-state index in [-0.39, 0.29) is 47.3 Å². The van der Waals surface area contributed by atoms with E-state index in [9.17, 15) is 66.1 Å². The van der Waals surface area contributed by atoms with Crippen LogP contribution in [0.3, 0.4) is 0 Å². The maximum absolute atomic E-state index is 12.5. The van der Waals surface area contributed by atoms with E-state index in [1.54, 1.807) is 0 Å². The Hall–Kier alpha value is -1.05. The molecule has 0 spiro atoms. The second kappa shape index (κ2) is 18.7. The summed E-state index contributed by atoms with van der Waals surface area (Å²) in [5, 5.41) is 128. The van der Waals surface area contributed by atoms with Gasteiger partial charge in [-0.2, -0.15) is 0 Å². The average Bonchev–Trinajstić information content (AvgIpc) is 3.65. The van der Waals surface area contributed by atoms with Gasteiger partial charge in [-0.05, 0) is 104 Å². The highest BCUT2D eigenvalue weighted by Gasteiger charge is 2.72. The van der Waals surface area contributed by atoms with Gasteiger partial charge in [0.2, 0.25) is 0 Å². The Morgan fingerprint density at radius 3 is 1.72 bits per heavy atom. The molecule has 64 heavy (non-hydrogen) atoms. The molecule has 7 fully saturated rings. The van der Waals surface area contributed by atoms with E-state index in [0.29, 0.717) is 25.7 Å². The molecule has 4 aliphatic carbocycles. The number of hydrogen-bond donors (Lipinski definition) is 12. The molecule has 0 bridgehead atoms. The van der Waals surface area contributed by atoms with Crippen LogP contribution in [0.15, 0.2) is 0 Å². The normalized spacial score (nSPS) is 53.7. The summed E-state index contributed by atoms with van der Waals surface area (Å²) in [5.41, 5.74) is -2.60. The molecule has 25 unspecified atom stereocenters. The van der Waals surface area contributed by atoms with Gasteiger partial charge in [0.05, 0.1) is 37.6 Å². The maximum atomic E-state index is 12.5. The Balaban J connectivity index is 1.12. The summed E-state index contributed by atoms with van der Waals surface area (Å²) in [4.78, 5) is 11.8. The Bertz CT molecular complexity index is 1600. The van der Waals surface area contributed by atoms with Gasteiger partial charge in [-0.3, -0.25) is 0 Å². The third kappa shape index (κ3) is 8.15. The van der Waals surface area contributed by atoms with Gasteiger partial charge in [-0.25, -0.2) is 0 Å². The highest BCUT2D eigenvalue weighted by Crippen LogP contribution is 2.76. The van der Waals surface area contributed by atoms with Crippen LogP contribution >= 0.6 is 0 Å². The lowest BCUT2D eigenvalue weighted by molar-refractivity contribution is -0.378. The highest BCUT2D eigenvalue weighted by atomic mass is 16.8. The van der Waals surface area contributed by atoms with Crippen LogP contribution in [0.5, 0.6) is 0 Å². The lowest BCUT2D eigenvalue weighted by Crippen LogP contribution is -2.68. The van der Waals surface area contributed by atoms with Gasteiger partial charge >= 0.3 is 0 Å². The minimum Gasteiger partial charge on any atom is -0.394 e. The molecule has 19 nitrogen and oxygen atoms in total. The van der Waals surface area contributed by atoms with Crippen LogP contribution in [0.25, 0.3) is 0 Å². The molecule has 370 valence electrons. The van der Waals surface area contributed by atoms with Crippen LogP contribution in [0.2, 0.25) is 0 Å². The van der Waals surface area contributed by atoms with Crippen molar-refractivity contribution in [2.24, 2.45) is 45.3 Å². The molecule has 0 aromatic rings. The van der Waals surface area contributed by atoms with Gasteiger partial charge in [0.1, 0.15) is 79.5 Å². The van der Waals surface area contributed by atoms with Crippen LogP contribution < -0.4 is 0 Å². The molecule has 3 heterocycles. The molecule has 12 N–H and O–H groups in total. The van der Waals surface area contributed by atoms with Gasteiger partial charge in [0.25, 0.3) is 0 Å². The Morgan fingerprint density at radius 1 is 0.609 bits per heavy atom. The van der Waals surface area contributed by atoms with Gasteiger partial charge in [-0.15, -0.1) is 0 Å². The smallest absolute Gasteiger partial charge is 0.187 e. The van der Waals surface area contributed by atoms with Gasteiger partial charge in [0, 0.05) is 6.42 Å². The minimum atomic E-state index is -1.80. The Morgan fingerprint density at radius 2 is 1.14 bits per heavy atom. The maximum Gasteiger partial charge on any atom is 0.187 e. The summed E-state index contributed by atoms with van der Waals surface area (Å²) in [6.45, 7) is 11.0. The first-order chi connectivity index (χ1) is 30.0. The molecule has 19 heteroatoms. The molecule has 0 aromatic heterocycles. The fourth-order valence-corrected chi connectivity index (χ4v) is 14.6. The summed E-state index contributed by atoms with van der Waals surface area (Å²) < 4.78 is 36.8. The Labute approximate surface area is 374 Å². The van der Waals surface area contributed by atoms with E-state index < -0.39 is 141 Å². The molecular weight excluding hydrogens is 844 g/mol. The molecule has 7 aliphatic rings. The second-order valence-corrected chi connectivity index (χ2v) is 21.8. The zero-order chi connectivity index (χ0) is 47.1. The van der Waals surface area contributed by atoms with Gasteiger partial charge in [-0.1, -0.05) is 34.6 Å². The topological polar surface area (TPSA) is 315 Å². The fourth-order valence-electron chi connectivity index (χ4n) is 14.6. The molecule has 7 rings (SSSR count). The molecule has 0 aromatic carbocycles. The van der Waals surface area contributed by atoms with E-state index >= 15 is 0 Å². The first kappa shape index (κ1) is 50.8. The van der Waals surface area contributed by atoms with E-state index in [1.165, 1.54) is 0 Å². The lowest BCUT2D eigenvalue weighted by Gasteiger charge is -2.71. The molecule has 0 radical (unpaired) electrons. The van der Waals surface area contributed by atoms with Crippen molar-refractivity contribution in [1.29, 1.82) is 0 Å². The van der Waals surface area contributed by atoms with Crippen molar-refractivity contribution in [2.45, 2.75) is 209 Å². The number of aliphatic hydroxyl groups excluding tert-OH is 12. The predicted octanol–water partition coefficient (Wildman–Crippen LogP) is -1.79. The van der Waals surface area contributed by atoms with Gasteiger partial charge < -0.3 is 94.5 Å². The fraction of sp³-hybridized carbons (Fsp3) is 0.978. The van der Waals surface area contributed by atoms with Crippen molar-refractivity contribution in [2.75, 3.05) is 19.8 Å². The van der Waals surface area contributed by atoms with E-state index in [2.05, 4.69) is 34.6 Å². The number of fused-ring (bicyclic) bond motifs is 5. The summed E-state index contributed by atoms with van der Waals surface area (Å²) in [7, 11) is 0. The van der Waals surface area contributed by atoms with Crippen molar-refractivity contribution in [1.82, 2.24) is 0 Å². The van der Waals surface area contributed by atoms with Crippen molar-refractivity contribution >= 4 is 6.29 Å². The number of carbonyl (C=O) groups excluding carboxylic acids is 1. The standard InChI is InChI=1S/C45H76O19/c1-41(2)25-9-14-43(4)26(16-21(50)28-20(8-13-44(28,43)5)45(6,11-7-15-46)64-39-36(58)33(55)30(52)23(18-48)60-39)42(25,3)12-10-27(41)62-40-37(34(56)31(53)24(19-49)61-40)63-38-35(57)32(54)29(51)22(17-47)59-38/h15,20-40,47-58H,7-14,16-19H2,1-6H3. The molecular formula is C45H76O19. The third-order valence-electron chi connectivity index (χ3n) is 18.4. The largest absolute Gasteiger partial charge is 0.394 e. The highest BCUT2D eigenvalue weighted by molar-refractivity contribution is 5.49. The molecule has 3 aliphatic heterocycles. The SMILES string of the molecule is CC(CCC=O)(OC1OC(CO)C(O)C(O)C1O)C1CCC2(C)C1C(O)CC1C3(C)CCC(OC4OC(CO)C(O)C(O)C4OC4OC(CO)C(O)C(O)C4O)C(C)(C)C3CCC12C.